The highest BCUT2D eigenvalue weighted by molar-refractivity contribution is 5.78. The third-order valence-electron chi connectivity index (χ3n) is 6.22. The summed E-state index contributed by atoms with van der Waals surface area (Å²) in [6.45, 7) is 8.09. The number of likely N-dealkylation sites (tertiary alicyclic amines) is 1. The molecule has 1 aliphatic carbocycles. The summed E-state index contributed by atoms with van der Waals surface area (Å²) in [7, 11) is 0. The number of aromatic nitrogens is 2. The van der Waals surface area contributed by atoms with Crippen LogP contribution in [-0.4, -0.2) is 77.7 Å². The maximum absolute atomic E-state index is 12.3. The van der Waals surface area contributed by atoms with E-state index in [1.807, 2.05) is 17.3 Å². The van der Waals surface area contributed by atoms with E-state index < -0.39 is 0 Å². The van der Waals surface area contributed by atoms with Gasteiger partial charge in [-0.2, -0.15) is 0 Å². The number of nitrogens with zero attached hydrogens (tertiary/aromatic N) is 4. The number of nitrogens with one attached hydrogen (secondary N) is 1. The average Bonchev–Trinajstić information content (AvgIpc) is 3.54. The summed E-state index contributed by atoms with van der Waals surface area (Å²) in [6, 6.07) is 0. The minimum atomic E-state index is -0.0119. The Labute approximate surface area is 167 Å². The molecule has 0 bridgehead atoms. The Hall–Kier alpha value is -1.73. The van der Waals surface area contributed by atoms with E-state index in [4.69, 9.17) is 4.74 Å². The molecule has 0 aromatic carbocycles. The van der Waals surface area contributed by atoms with Crippen LogP contribution in [0.5, 0.6) is 0 Å². The Morgan fingerprint density at radius 2 is 1.82 bits per heavy atom. The number of hydrogen-bond donors (Lipinski definition) is 1. The molecule has 0 radical (unpaired) electrons. The lowest BCUT2D eigenvalue weighted by atomic mass is 9.95. The minimum absolute atomic E-state index is 0.0119. The highest BCUT2D eigenvalue weighted by Gasteiger charge is 2.31. The van der Waals surface area contributed by atoms with Gasteiger partial charge in [-0.25, -0.2) is 9.97 Å². The monoisotopic (exact) mass is 387 g/mol. The van der Waals surface area contributed by atoms with Crippen LogP contribution >= 0.6 is 0 Å². The lowest BCUT2D eigenvalue weighted by Gasteiger charge is -2.38. The zero-order chi connectivity index (χ0) is 19.3. The maximum Gasteiger partial charge on any atom is 0.248 e. The number of carbonyl (C=O) groups excluding carboxylic acids is 1. The molecule has 1 aromatic rings. The molecule has 154 valence electrons. The predicted octanol–water partition coefficient (Wildman–Crippen LogP) is 1.80. The molecule has 1 unspecified atom stereocenters. The van der Waals surface area contributed by atoms with Gasteiger partial charge in [0.05, 0.1) is 6.10 Å². The number of piperidine rings is 1. The summed E-state index contributed by atoms with van der Waals surface area (Å²) >= 11 is 0. The Kier molecular flexibility index (Phi) is 6.42. The fourth-order valence-corrected chi connectivity index (χ4v) is 4.14. The van der Waals surface area contributed by atoms with Crippen LogP contribution in [0.15, 0.2) is 12.4 Å². The summed E-state index contributed by atoms with van der Waals surface area (Å²) in [5, 5.41) is 3.24. The van der Waals surface area contributed by atoms with Gasteiger partial charge in [0, 0.05) is 38.6 Å². The van der Waals surface area contributed by atoms with Crippen molar-refractivity contribution in [2.75, 3.05) is 51.2 Å². The van der Waals surface area contributed by atoms with E-state index in [9.17, 15) is 4.79 Å². The number of carbonyl (C=O) groups is 1. The van der Waals surface area contributed by atoms with E-state index in [1.54, 1.807) is 0 Å². The molecule has 28 heavy (non-hydrogen) atoms. The van der Waals surface area contributed by atoms with Gasteiger partial charge in [0.2, 0.25) is 11.9 Å². The van der Waals surface area contributed by atoms with E-state index in [-0.39, 0.29) is 18.6 Å². The summed E-state index contributed by atoms with van der Waals surface area (Å²) in [6.07, 6.45) is 9.88. The van der Waals surface area contributed by atoms with Crippen molar-refractivity contribution in [2.24, 2.45) is 11.8 Å². The summed E-state index contributed by atoms with van der Waals surface area (Å²) < 4.78 is 5.73. The van der Waals surface area contributed by atoms with Crippen LogP contribution in [-0.2, 0) is 16.0 Å². The van der Waals surface area contributed by atoms with E-state index in [2.05, 4.69) is 27.1 Å². The Morgan fingerprint density at radius 3 is 2.50 bits per heavy atom. The van der Waals surface area contributed by atoms with E-state index in [1.165, 1.54) is 45.3 Å². The van der Waals surface area contributed by atoms with Crippen LogP contribution in [0.3, 0.4) is 0 Å². The molecule has 3 fully saturated rings. The molecular formula is C21H33N5O2. The molecule has 3 heterocycles. The van der Waals surface area contributed by atoms with E-state index >= 15 is 0 Å². The zero-order valence-corrected chi connectivity index (χ0v) is 17.0. The Balaban J connectivity index is 1.21. The standard InChI is InChI=1S/C21H33N5O2/c1-2-16-9-22-21(23-10-16)24-11-19-14-26(20(27)15-28-19)13-18-5-7-25(8-6-18)12-17-3-4-17/h9-10,17-19H,2-8,11-15H2,1H3,(H,22,23,24). The number of hydrogen-bond acceptors (Lipinski definition) is 6. The number of ether oxygens (including phenoxy) is 1. The first kappa shape index (κ1) is 19.6. The van der Waals surface area contributed by atoms with Gasteiger partial charge in [-0.15, -0.1) is 0 Å². The molecular weight excluding hydrogens is 354 g/mol. The topological polar surface area (TPSA) is 70.6 Å². The average molecular weight is 388 g/mol. The first-order valence-corrected chi connectivity index (χ1v) is 10.9. The summed E-state index contributed by atoms with van der Waals surface area (Å²) in [5.41, 5.74) is 1.12. The molecule has 7 nitrogen and oxygen atoms in total. The third kappa shape index (κ3) is 5.41. The second kappa shape index (κ2) is 9.18. The van der Waals surface area contributed by atoms with E-state index in [0.717, 1.165) is 24.4 Å². The van der Waals surface area contributed by atoms with Crippen molar-refractivity contribution in [3.63, 3.8) is 0 Å². The second-order valence-corrected chi connectivity index (χ2v) is 8.57. The van der Waals surface area contributed by atoms with Crippen molar-refractivity contribution in [2.45, 2.75) is 45.1 Å². The molecule has 3 aliphatic rings. The molecule has 1 saturated carbocycles. The van der Waals surface area contributed by atoms with Crippen molar-refractivity contribution in [1.29, 1.82) is 0 Å². The highest BCUT2D eigenvalue weighted by atomic mass is 16.5. The highest BCUT2D eigenvalue weighted by Crippen LogP contribution is 2.31. The van der Waals surface area contributed by atoms with Gasteiger partial charge in [-0.1, -0.05) is 6.92 Å². The van der Waals surface area contributed by atoms with E-state index in [0.29, 0.717) is 25.0 Å². The fraction of sp³-hybridized carbons (Fsp3) is 0.762. The molecule has 4 rings (SSSR count). The van der Waals surface area contributed by atoms with Crippen LogP contribution < -0.4 is 5.32 Å². The van der Waals surface area contributed by atoms with Gasteiger partial charge in [0.15, 0.2) is 0 Å². The maximum atomic E-state index is 12.3. The van der Waals surface area contributed by atoms with Crippen molar-refractivity contribution < 1.29 is 9.53 Å². The van der Waals surface area contributed by atoms with Crippen LogP contribution in [0, 0.1) is 11.8 Å². The molecule has 1 atom stereocenters. The van der Waals surface area contributed by atoms with Crippen molar-refractivity contribution >= 4 is 11.9 Å². The number of morpholine rings is 1. The molecule has 0 spiro atoms. The first-order chi connectivity index (χ1) is 13.7. The number of rotatable bonds is 8. The molecule has 2 aliphatic heterocycles. The van der Waals surface area contributed by atoms with Gasteiger partial charge in [0.25, 0.3) is 0 Å². The molecule has 7 heteroatoms. The largest absolute Gasteiger partial charge is 0.365 e. The second-order valence-electron chi connectivity index (χ2n) is 8.57. The van der Waals surface area contributed by atoms with Crippen LogP contribution in [0.4, 0.5) is 5.95 Å². The minimum Gasteiger partial charge on any atom is -0.365 e. The number of amides is 1. The molecule has 1 N–H and O–H groups in total. The molecule has 2 saturated heterocycles. The van der Waals surface area contributed by atoms with Crippen LogP contribution in [0.1, 0.15) is 38.2 Å². The van der Waals surface area contributed by atoms with Crippen molar-refractivity contribution in [3.05, 3.63) is 18.0 Å². The Morgan fingerprint density at radius 1 is 1.11 bits per heavy atom. The number of anilines is 1. The zero-order valence-electron chi connectivity index (χ0n) is 17.0. The van der Waals surface area contributed by atoms with Crippen LogP contribution in [0.25, 0.3) is 0 Å². The third-order valence-corrected chi connectivity index (χ3v) is 6.22. The quantitative estimate of drug-likeness (QED) is 0.734. The smallest absolute Gasteiger partial charge is 0.248 e. The SMILES string of the molecule is CCc1cnc(NCC2CN(CC3CCN(CC4CC4)CC3)C(=O)CO2)nc1. The van der Waals surface area contributed by atoms with Gasteiger partial charge < -0.3 is 19.9 Å². The molecule has 1 aromatic heterocycles. The van der Waals surface area contributed by atoms with Gasteiger partial charge in [-0.3, -0.25) is 4.79 Å². The normalized spacial score (nSPS) is 24.5. The van der Waals surface area contributed by atoms with Gasteiger partial charge in [-0.05, 0) is 62.6 Å². The van der Waals surface area contributed by atoms with Crippen molar-refractivity contribution in [3.8, 4) is 0 Å². The molecule has 1 amide bonds. The van der Waals surface area contributed by atoms with Gasteiger partial charge in [0.1, 0.15) is 6.61 Å². The summed E-state index contributed by atoms with van der Waals surface area (Å²) in [5.74, 6) is 2.33. The fourth-order valence-electron chi connectivity index (χ4n) is 4.14. The van der Waals surface area contributed by atoms with Crippen molar-refractivity contribution in [1.82, 2.24) is 19.8 Å². The predicted molar refractivity (Wildman–Crippen MR) is 108 cm³/mol. The lowest BCUT2D eigenvalue weighted by molar-refractivity contribution is -0.149. The lowest BCUT2D eigenvalue weighted by Crippen LogP contribution is -2.51. The van der Waals surface area contributed by atoms with Gasteiger partial charge >= 0.3 is 0 Å². The Bertz CT molecular complexity index is 641. The summed E-state index contributed by atoms with van der Waals surface area (Å²) in [4.78, 5) is 25.6. The number of aryl methyl sites for hydroxylation is 1. The van der Waals surface area contributed by atoms with Crippen LogP contribution in [0.2, 0.25) is 0 Å². The first-order valence-electron chi connectivity index (χ1n) is 10.9.